The Labute approximate surface area is 99.1 Å². The van der Waals surface area contributed by atoms with Crippen molar-refractivity contribution >= 4 is 23.3 Å². The molecule has 0 bridgehead atoms. The van der Waals surface area contributed by atoms with Gasteiger partial charge in [0.15, 0.2) is 0 Å². The fraction of sp³-hybridized carbons (Fsp3) is 0.778. The van der Waals surface area contributed by atoms with E-state index in [1.54, 1.807) is 13.8 Å². The van der Waals surface area contributed by atoms with Crippen molar-refractivity contribution in [2.75, 3.05) is 26.2 Å². The van der Waals surface area contributed by atoms with Gasteiger partial charge in [0.25, 0.3) is 0 Å². The lowest BCUT2D eigenvalue weighted by Crippen LogP contribution is -2.50. The van der Waals surface area contributed by atoms with Gasteiger partial charge in [0.2, 0.25) is 11.5 Å². The minimum Gasteiger partial charge on any atom is -0.477 e. The molecule has 0 aliphatic carbocycles. The summed E-state index contributed by atoms with van der Waals surface area (Å²) in [5.41, 5.74) is -0.409. The Morgan fingerprint density at radius 3 is 2.12 bits per heavy atom. The lowest BCUT2D eigenvalue weighted by molar-refractivity contribution is -0.174. The van der Waals surface area contributed by atoms with E-state index in [4.69, 9.17) is 26.2 Å². The summed E-state index contributed by atoms with van der Waals surface area (Å²) in [5, 5.41) is 12.4. The summed E-state index contributed by atoms with van der Waals surface area (Å²) in [6.45, 7) is 3.88. The van der Waals surface area contributed by atoms with Crippen molar-refractivity contribution in [3.05, 3.63) is 0 Å². The fourth-order valence-corrected chi connectivity index (χ4v) is 1.43. The van der Waals surface area contributed by atoms with E-state index in [2.05, 4.69) is 9.99 Å². The van der Waals surface area contributed by atoms with Crippen LogP contribution in [0.3, 0.4) is 0 Å². The van der Waals surface area contributed by atoms with Crippen LogP contribution in [-0.4, -0.2) is 48.8 Å². The fourth-order valence-electron chi connectivity index (χ4n) is 1.15. The second-order valence-corrected chi connectivity index (χ2v) is 2.95. The van der Waals surface area contributed by atoms with Gasteiger partial charge >= 0.3 is 5.97 Å². The molecule has 0 amide bonds. The van der Waals surface area contributed by atoms with Crippen LogP contribution in [-0.2, 0) is 19.1 Å². The van der Waals surface area contributed by atoms with Gasteiger partial charge in [-0.1, -0.05) is 5.16 Å². The molecule has 0 saturated carbocycles. The minimum absolute atomic E-state index is 0.191. The molecular weight excluding hydrogens is 238 g/mol. The van der Waals surface area contributed by atoms with Crippen molar-refractivity contribution in [1.29, 1.82) is 0 Å². The molecule has 0 atom stereocenters. The number of oxime groups is 1. The number of alkyl halides is 1. The smallest absolute Gasteiger partial charge is 0.359 e. The van der Waals surface area contributed by atoms with E-state index in [1.165, 1.54) is 7.11 Å². The minimum atomic E-state index is -1.58. The van der Waals surface area contributed by atoms with Gasteiger partial charge in [0, 0.05) is 13.2 Å². The van der Waals surface area contributed by atoms with Crippen LogP contribution in [0.15, 0.2) is 5.16 Å². The van der Waals surface area contributed by atoms with E-state index in [0.717, 1.165) is 0 Å². The zero-order valence-corrected chi connectivity index (χ0v) is 10.3. The van der Waals surface area contributed by atoms with E-state index >= 15 is 0 Å². The molecule has 0 aromatic heterocycles. The number of aliphatic carboxylic acids is 1. The molecule has 0 unspecified atom stereocenters. The standard InChI is InChI=1S/C9H16ClNO5/c1-4-15-9(6-10,16-5-2)7(8(12)13)11-14-3/h4-6H2,1-3H3,(H,12,13)/b11-7+. The molecule has 0 saturated heterocycles. The second-order valence-electron chi connectivity index (χ2n) is 2.68. The van der Waals surface area contributed by atoms with Crippen molar-refractivity contribution < 1.29 is 24.2 Å². The maximum absolute atomic E-state index is 11.0. The molecule has 0 rings (SSSR count). The van der Waals surface area contributed by atoms with Crippen molar-refractivity contribution in [3.8, 4) is 0 Å². The summed E-state index contributed by atoms with van der Waals surface area (Å²) < 4.78 is 10.5. The van der Waals surface area contributed by atoms with Gasteiger partial charge < -0.3 is 19.4 Å². The van der Waals surface area contributed by atoms with Gasteiger partial charge in [0.1, 0.15) is 7.11 Å². The lowest BCUT2D eigenvalue weighted by atomic mass is 10.2. The molecule has 7 heteroatoms. The first-order valence-corrected chi connectivity index (χ1v) is 5.30. The van der Waals surface area contributed by atoms with Crippen molar-refractivity contribution in [1.82, 2.24) is 0 Å². The molecule has 94 valence electrons. The average Bonchev–Trinajstić information content (AvgIpc) is 2.25. The number of nitrogens with zero attached hydrogens (tertiary/aromatic N) is 1. The maximum Gasteiger partial charge on any atom is 0.359 e. The number of carboxylic acid groups (broad SMARTS) is 1. The van der Waals surface area contributed by atoms with Crippen molar-refractivity contribution in [3.63, 3.8) is 0 Å². The number of hydrogen-bond donors (Lipinski definition) is 1. The van der Waals surface area contributed by atoms with Gasteiger partial charge in [-0.25, -0.2) is 4.79 Å². The molecule has 0 aromatic rings. The second kappa shape index (κ2) is 7.43. The predicted octanol–water partition coefficient (Wildman–Crippen LogP) is 1.08. The predicted molar refractivity (Wildman–Crippen MR) is 58.8 cm³/mol. The van der Waals surface area contributed by atoms with Crippen LogP contribution < -0.4 is 0 Å². The number of carbonyl (C=O) groups is 1. The zero-order valence-electron chi connectivity index (χ0n) is 9.53. The first kappa shape index (κ1) is 15.2. The molecule has 6 nitrogen and oxygen atoms in total. The quantitative estimate of drug-likeness (QED) is 0.303. The Morgan fingerprint density at radius 2 is 1.88 bits per heavy atom. The molecule has 16 heavy (non-hydrogen) atoms. The van der Waals surface area contributed by atoms with Crippen molar-refractivity contribution in [2.45, 2.75) is 19.6 Å². The Kier molecular flexibility index (Phi) is 7.03. The normalized spacial score (nSPS) is 12.6. The van der Waals surface area contributed by atoms with E-state index < -0.39 is 17.5 Å². The molecule has 1 N–H and O–H groups in total. The summed E-state index contributed by atoms with van der Waals surface area (Å²) in [6, 6.07) is 0. The van der Waals surface area contributed by atoms with Crippen LogP contribution in [0, 0.1) is 0 Å². The molecular formula is C9H16ClNO5. The lowest BCUT2D eigenvalue weighted by Gasteiger charge is -2.29. The van der Waals surface area contributed by atoms with Gasteiger partial charge in [-0.05, 0) is 13.8 Å². The van der Waals surface area contributed by atoms with E-state index in [1.807, 2.05) is 0 Å². The van der Waals surface area contributed by atoms with Crippen LogP contribution in [0.1, 0.15) is 13.8 Å². The Morgan fingerprint density at radius 1 is 1.38 bits per heavy atom. The van der Waals surface area contributed by atoms with Gasteiger partial charge in [-0.3, -0.25) is 0 Å². The van der Waals surface area contributed by atoms with Crippen LogP contribution >= 0.6 is 11.6 Å². The summed E-state index contributed by atoms with van der Waals surface area (Å²) in [4.78, 5) is 15.5. The Hall–Kier alpha value is -0.850. The third-order valence-electron chi connectivity index (χ3n) is 1.68. The molecule has 0 aliphatic rings. The molecule has 0 spiro atoms. The maximum atomic E-state index is 11.0. The largest absolute Gasteiger partial charge is 0.477 e. The summed E-state index contributed by atoms with van der Waals surface area (Å²) in [6.07, 6.45) is 0. The zero-order chi connectivity index (χ0) is 12.6. The van der Waals surface area contributed by atoms with Crippen LogP contribution in [0.4, 0.5) is 0 Å². The number of rotatable bonds is 8. The first-order chi connectivity index (χ1) is 7.57. The first-order valence-electron chi connectivity index (χ1n) is 4.76. The van der Waals surface area contributed by atoms with E-state index in [0.29, 0.717) is 0 Å². The Balaban J connectivity index is 5.23. The van der Waals surface area contributed by atoms with Crippen LogP contribution in [0.25, 0.3) is 0 Å². The highest BCUT2D eigenvalue weighted by atomic mass is 35.5. The summed E-state index contributed by atoms with van der Waals surface area (Å²) in [7, 11) is 1.24. The van der Waals surface area contributed by atoms with Gasteiger partial charge in [0.05, 0.1) is 5.88 Å². The molecule has 0 heterocycles. The molecule has 0 fully saturated rings. The molecule has 0 radical (unpaired) electrons. The van der Waals surface area contributed by atoms with Gasteiger partial charge in [-0.15, -0.1) is 11.6 Å². The molecule has 0 aromatic carbocycles. The van der Waals surface area contributed by atoms with Crippen LogP contribution in [0.5, 0.6) is 0 Å². The van der Waals surface area contributed by atoms with Gasteiger partial charge in [-0.2, -0.15) is 0 Å². The topological polar surface area (TPSA) is 77.3 Å². The number of hydrogen-bond acceptors (Lipinski definition) is 5. The monoisotopic (exact) mass is 253 g/mol. The van der Waals surface area contributed by atoms with E-state index in [-0.39, 0.29) is 19.1 Å². The number of ether oxygens (including phenoxy) is 2. The third kappa shape index (κ3) is 3.62. The molecule has 0 aliphatic heterocycles. The van der Waals surface area contributed by atoms with Crippen molar-refractivity contribution in [2.24, 2.45) is 5.16 Å². The highest BCUT2D eigenvalue weighted by Gasteiger charge is 2.42. The summed E-state index contributed by atoms with van der Waals surface area (Å²) in [5.74, 6) is -3.07. The van der Waals surface area contributed by atoms with E-state index in [9.17, 15) is 4.79 Å². The Bertz CT molecular complexity index is 250. The number of carboxylic acids is 1. The SMILES string of the molecule is CCOC(CCl)(OCC)/C(=N/OC)C(=O)O. The third-order valence-corrected chi connectivity index (χ3v) is 2.03. The average molecular weight is 254 g/mol. The number of halogens is 1. The highest BCUT2D eigenvalue weighted by molar-refractivity contribution is 6.40. The highest BCUT2D eigenvalue weighted by Crippen LogP contribution is 2.19. The van der Waals surface area contributed by atoms with Crippen LogP contribution in [0.2, 0.25) is 0 Å². The summed E-state index contributed by atoms with van der Waals surface area (Å²) >= 11 is 5.71.